The van der Waals surface area contributed by atoms with Crippen molar-refractivity contribution in [2.75, 3.05) is 20.1 Å². The molecule has 1 unspecified atom stereocenters. The first-order valence-electron chi connectivity index (χ1n) is 5.77. The highest BCUT2D eigenvalue weighted by molar-refractivity contribution is 5.93. The molecule has 5 heteroatoms. The van der Waals surface area contributed by atoms with Crippen LogP contribution in [0.25, 0.3) is 0 Å². The third-order valence-corrected chi connectivity index (χ3v) is 3.19. The van der Waals surface area contributed by atoms with Crippen LogP contribution in [-0.2, 0) is 0 Å². The SMILES string of the molecule is Cc1cc(=O)c(C(=O)N(C)C2CCNC2)c[nH]1. The van der Waals surface area contributed by atoms with E-state index in [1.165, 1.54) is 12.3 Å². The van der Waals surface area contributed by atoms with Crippen LogP contribution >= 0.6 is 0 Å². The summed E-state index contributed by atoms with van der Waals surface area (Å²) in [6, 6.07) is 1.64. The number of carbonyl (C=O) groups excluding carboxylic acids is 1. The summed E-state index contributed by atoms with van der Waals surface area (Å²) in [5, 5.41) is 3.20. The molecular formula is C12H17N3O2. The minimum atomic E-state index is -0.218. The zero-order chi connectivity index (χ0) is 12.4. The lowest BCUT2D eigenvalue weighted by molar-refractivity contribution is 0.0742. The van der Waals surface area contributed by atoms with Crippen LogP contribution < -0.4 is 10.7 Å². The molecule has 0 aromatic carbocycles. The van der Waals surface area contributed by atoms with Crippen molar-refractivity contribution in [3.05, 3.63) is 33.7 Å². The number of nitrogens with zero attached hydrogens (tertiary/aromatic N) is 1. The molecule has 1 fully saturated rings. The van der Waals surface area contributed by atoms with E-state index in [-0.39, 0.29) is 22.9 Å². The van der Waals surface area contributed by atoms with E-state index in [0.717, 1.165) is 25.2 Å². The largest absolute Gasteiger partial charge is 0.364 e. The summed E-state index contributed by atoms with van der Waals surface area (Å²) in [6.45, 7) is 3.51. The standard InChI is InChI=1S/C12H17N3O2/c1-8-5-11(16)10(7-14-8)12(17)15(2)9-3-4-13-6-9/h5,7,9,13H,3-4,6H2,1-2H3,(H,14,16). The van der Waals surface area contributed by atoms with Crippen molar-refractivity contribution in [1.29, 1.82) is 0 Å². The predicted octanol–water partition coefficient (Wildman–Crippen LogP) is 0.117. The van der Waals surface area contributed by atoms with Crippen molar-refractivity contribution in [2.24, 2.45) is 0 Å². The van der Waals surface area contributed by atoms with Crippen molar-refractivity contribution in [3.63, 3.8) is 0 Å². The van der Waals surface area contributed by atoms with E-state index in [2.05, 4.69) is 10.3 Å². The lowest BCUT2D eigenvalue weighted by atomic mass is 10.1. The highest BCUT2D eigenvalue weighted by atomic mass is 16.2. The molecule has 0 radical (unpaired) electrons. The van der Waals surface area contributed by atoms with E-state index in [9.17, 15) is 9.59 Å². The Morgan fingerprint density at radius 2 is 2.29 bits per heavy atom. The molecule has 2 N–H and O–H groups in total. The molecule has 5 nitrogen and oxygen atoms in total. The van der Waals surface area contributed by atoms with Crippen LogP contribution in [0.2, 0.25) is 0 Å². The second-order valence-corrected chi connectivity index (χ2v) is 4.46. The van der Waals surface area contributed by atoms with E-state index in [0.29, 0.717) is 0 Å². The molecule has 0 aliphatic carbocycles. The molecule has 0 bridgehead atoms. The summed E-state index contributed by atoms with van der Waals surface area (Å²) >= 11 is 0. The molecule has 0 saturated carbocycles. The summed E-state index contributed by atoms with van der Waals surface area (Å²) in [6.07, 6.45) is 2.44. The average Bonchev–Trinajstić information content (AvgIpc) is 2.80. The molecule has 1 aliphatic rings. The van der Waals surface area contributed by atoms with Crippen LogP contribution in [-0.4, -0.2) is 42.0 Å². The number of H-pyrrole nitrogens is 1. The van der Waals surface area contributed by atoms with E-state index in [4.69, 9.17) is 0 Å². The summed E-state index contributed by atoms with van der Waals surface area (Å²) in [4.78, 5) is 28.4. The highest BCUT2D eigenvalue weighted by Gasteiger charge is 2.25. The first kappa shape index (κ1) is 11.9. The highest BCUT2D eigenvalue weighted by Crippen LogP contribution is 2.09. The van der Waals surface area contributed by atoms with Gasteiger partial charge in [-0.15, -0.1) is 0 Å². The maximum absolute atomic E-state index is 12.1. The number of likely N-dealkylation sites (N-methyl/N-ethyl adjacent to an activating group) is 1. The van der Waals surface area contributed by atoms with Gasteiger partial charge in [-0.05, 0) is 19.9 Å². The second kappa shape index (κ2) is 4.71. The van der Waals surface area contributed by atoms with Gasteiger partial charge in [-0.2, -0.15) is 0 Å². The maximum atomic E-state index is 12.1. The Labute approximate surface area is 99.8 Å². The van der Waals surface area contributed by atoms with Crippen LogP contribution in [0.3, 0.4) is 0 Å². The van der Waals surface area contributed by atoms with Crippen molar-refractivity contribution in [3.8, 4) is 0 Å². The van der Waals surface area contributed by atoms with Crippen molar-refractivity contribution in [2.45, 2.75) is 19.4 Å². The number of aryl methyl sites for hydroxylation is 1. The minimum Gasteiger partial charge on any atom is -0.364 e. The number of hydrogen-bond donors (Lipinski definition) is 2. The van der Waals surface area contributed by atoms with Gasteiger partial charge in [0.2, 0.25) is 0 Å². The molecule has 2 heterocycles. The topological polar surface area (TPSA) is 65.2 Å². The summed E-state index contributed by atoms with van der Waals surface area (Å²) < 4.78 is 0. The fraction of sp³-hybridized carbons (Fsp3) is 0.500. The monoisotopic (exact) mass is 235 g/mol. The molecule has 1 atom stereocenters. The van der Waals surface area contributed by atoms with Gasteiger partial charge in [0.1, 0.15) is 5.56 Å². The Hall–Kier alpha value is -1.62. The molecule has 1 amide bonds. The van der Waals surface area contributed by atoms with Crippen LogP contribution in [0.5, 0.6) is 0 Å². The normalized spacial score (nSPS) is 19.3. The van der Waals surface area contributed by atoms with Crippen LogP contribution in [0.4, 0.5) is 0 Å². The average molecular weight is 235 g/mol. The third kappa shape index (κ3) is 2.39. The van der Waals surface area contributed by atoms with Gasteiger partial charge < -0.3 is 15.2 Å². The summed E-state index contributed by atoms with van der Waals surface area (Å²) in [5.74, 6) is -0.208. The Balaban J connectivity index is 2.21. The summed E-state index contributed by atoms with van der Waals surface area (Å²) in [5.41, 5.74) is 0.755. The number of amides is 1. The van der Waals surface area contributed by atoms with Crippen LogP contribution in [0, 0.1) is 6.92 Å². The van der Waals surface area contributed by atoms with Crippen molar-refractivity contribution in [1.82, 2.24) is 15.2 Å². The zero-order valence-electron chi connectivity index (χ0n) is 10.1. The van der Waals surface area contributed by atoms with E-state index in [1.807, 2.05) is 0 Å². The molecule has 1 aromatic rings. The molecule has 1 aliphatic heterocycles. The smallest absolute Gasteiger partial charge is 0.259 e. The van der Waals surface area contributed by atoms with Gasteiger partial charge >= 0.3 is 0 Å². The number of aromatic amines is 1. The number of nitrogens with one attached hydrogen (secondary N) is 2. The van der Waals surface area contributed by atoms with Crippen LogP contribution in [0.15, 0.2) is 17.1 Å². The van der Waals surface area contributed by atoms with Gasteiger partial charge in [0, 0.05) is 37.6 Å². The lowest BCUT2D eigenvalue weighted by Gasteiger charge is -2.23. The Morgan fingerprint density at radius 1 is 1.53 bits per heavy atom. The second-order valence-electron chi connectivity index (χ2n) is 4.46. The predicted molar refractivity (Wildman–Crippen MR) is 65.2 cm³/mol. The van der Waals surface area contributed by atoms with Gasteiger partial charge in [0.15, 0.2) is 5.43 Å². The van der Waals surface area contributed by atoms with Gasteiger partial charge in [-0.3, -0.25) is 9.59 Å². The summed E-state index contributed by atoms with van der Waals surface area (Å²) in [7, 11) is 1.75. The van der Waals surface area contributed by atoms with E-state index < -0.39 is 0 Å². The zero-order valence-corrected chi connectivity index (χ0v) is 10.1. The molecule has 1 saturated heterocycles. The Kier molecular flexibility index (Phi) is 3.28. The molecule has 17 heavy (non-hydrogen) atoms. The molecule has 2 rings (SSSR count). The number of pyridine rings is 1. The van der Waals surface area contributed by atoms with Gasteiger partial charge in [-0.1, -0.05) is 0 Å². The molecule has 1 aromatic heterocycles. The number of aromatic nitrogens is 1. The lowest BCUT2D eigenvalue weighted by Crippen LogP contribution is -2.40. The first-order chi connectivity index (χ1) is 8.09. The maximum Gasteiger partial charge on any atom is 0.259 e. The van der Waals surface area contributed by atoms with Crippen molar-refractivity contribution >= 4 is 5.91 Å². The number of hydrogen-bond acceptors (Lipinski definition) is 3. The van der Waals surface area contributed by atoms with Crippen molar-refractivity contribution < 1.29 is 4.79 Å². The Morgan fingerprint density at radius 3 is 2.88 bits per heavy atom. The van der Waals surface area contributed by atoms with E-state index in [1.54, 1.807) is 18.9 Å². The number of carbonyl (C=O) groups is 1. The third-order valence-electron chi connectivity index (χ3n) is 3.19. The number of rotatable bonds is 2. The fourth-order valence-electron chi connectivity index (χ4n) is 2.07. The molecule has 0 spiro atoms. The van der Waals surface area contributed by atoms with E-state index >= 15 is 0 Å². The molecular weight excluding hydrogens is 218 g/mol. The quantitative estimate of drug-likeness (QED) is 0.765. The van der Waals surface area contributed by atoms with Crippen LogP contribution in [0.1, 0.15) is 22.5 Å². The van der Waals surface area contributed by atoms with Gasteiger partial charge in [0.25, 0.3) is 5.91 Å². The first-order valence-corrected chi connectivity index (χ1v) is 5.77. The molecule has 92 valence electrons. The van der Waals surface area contributed by atoms with Gasteiger partial charge in [-0.25, -0.2) is 0 Å². The van der Waals surface area contributed by atoms with Gasteiger partial charge in [0.05, 0.1) is 0 Å². The Bertz CT molecular complexity index is 475. The fourth-order valence-corrected chi connectivity index (χ4v) is 2.07. The minimum absolute atomic E-state index is 0.184.